The van der Waals surface area contributed by atoms with Crippen LogP contribution in [-0.4, -0.2) is 23.0 Å². The van der Waals surface area contributed by atoms with Gasteiger partial charge in [0.2, 0.25) is 5.91 Å². The minimum Gasteiger partial charge on any atom is -0.361 e. The lowest BCUT2D eigenvalue weighted by atomic mass is 9.89. The van der Waals surface area contributed by atoms with Gasteiger partial charge in [-0.15, -0.1) is 0 Å². The summed E-state index contributed by atoms with van der Waals surface area (Å²) in [5.41, 5.74) is 8.47. The second-order valence-corrected chi connectivity index (χ2v) is 6.41. The van der Waals surface area contributed by atoms with Gasteiger partial charge in [0.05, 0.1) is 5.69 Å². The summed E-state index contributed by atoms with van der Waals surface area (Å²) in [6, 6.07) is 8.23. The summed E-state index contributed by atoms with van der Waals surface area (Å²) in [5.74, 6) is 0.462. The third-order valence-electron chi connectivity index (χ3n) is 5.06. The summed E-state index contributed by atoms with van der Waals surface area (Å²) in [5, 5.41) is 4.16. The molecule has 0 radical (unpaired) electrons. The summed E-state index contributed by atoms with van der Waals surface area (Å²) in [7, 11) is 0. The maximum Gasteiger partial charge on any atom is 0.243 e. The number of anilines is 1. The third kappa shape index (κ3) is 2.40. The number of carbonyl (C=O) groups is 1. The number of aromatic nitrogens is 1. The Morgan fingerprint density at radius 3 is 2.95 bits per heavy atom. The van der Waals surface area contributed by atoms with Crippen LogP contribution in [0.15, 0.2) is 30.5 Å². The van der Waals surface area contributed by atoms with Gasteiger partial charge in [-0.05, 0) is 31.0 Å². The fourth-order valence-electron chi connectivity index (χ4n) is 3.88. The minimum absolute atomic E-state index is 0.0654. The van der Waals surface area contributed by atoms with E-state index >= 15 is 0 Å². The third-order valence-corrected chi connectivity index (χ3v) is 5.06. The molecule has 116 valence electrons. The molecule has 2 fully saturated rings. The van der Waals surface area contributed by atoms with Crippen LogP contribution in [0.1, 0.15) is 32.1 Å². The van der Waals surface area contributed by atoms with Crippen LogP contribution >= 0.6 is 0 Å². The van der Waals surface area contributed by atoms with Crippen LogP contribution in [0.3, 0.4) is 0 Å². The van der Waals surface area contributed by atoms with E-state index in [0.29, 0.717) is 12.0 Å². The van der Waals surface area contributed by atoms with Crippen LogP contribution in [0.2, 0.25) is 0 Å². The van der Waals surface area contributed by atoms with Crippen LogP contribution in [0, 0.1) is 5.92 Å². The summed E-state index contributed by atoms with van der Waals surface area (Å²) in [4.78, 5) is 15.9. The number of nitrogens with one attached hydrogen (secondary N) is 4. The molecule has 4 N–H and O–H groups in total. The van der Waals surface area contributed by atoms with Gasteiger partial charge in [-0.3, -0.25) is 10.2 Å². The molecule has 1 saturated carbocycles. The van der Waals surface area contributed by atoms with Crippen molar-refractivity contribution in [3.05, 3.63) is 30.5 Å². The molecule has 3 unspecified atom stereocenters. The molecule has 1 aliphatic carbocycles. The van der Waals surface area contributed by atoms with E-state index in [9.17, 15) is 4.79 Å². The highest BCUT2D eigenvalue weighted by Gasteiger charge is 2.40. The number of H-pyrrole nitrogens is 1. The highest BCUT2D eigenvalue weighted by atomic mass is 16.2. The second kappa shape index (κ2) is 5.74. The lowest BCUT2D eigenvalue weighted by molar-refractivity contribution is -0.118. The standard InChI is InChI=1S/C17H22N4O/c22-17(16-12-5-2-1-3-6-15(12)20-21-16)19-14-8-4-7-13-11(14)9-10-18-13/h4,7-10,12,15-16,18,20-21H,1-3,5-6H2,(H,19,22). The van der Waals surface area contributed by atoms with E-state index in [2.05, 4.69) is 21.2 Å². The predicted octanol–water partition coefficient (Wildman–Crippen LogP) is 2.53. The largest absolute Gasteiger partial charge is 0.361 e. The highest BCUT2D eigenvalue weighted by Crippen LogP contribution is 2.30. The first-order valence-corrected chi connectivity index (χ1v) is 8.21. The molecule has 1 amide bonds. The van der Waals surface area contributed by atoms with Crippen LogP contribution < -0.4 is 16.2 Å². The van der Waals surface area contributed by atoms with E-state index in [0.717, 1.165) is 29.4 Å². The van der Waals surface area contributed by atoms with Gasteiger partial charge in [0.1, 0.15) is 6.04 Å². The average molecular weight is 298 g/mol. The summed E-state index contributed by atoms with van der Waals surface area (Å²) in [6.45, 7) is 0. The Hall–Kier alpha value is -1.85. The molecule has 0 bridgehead atoms. The number of hydrogen-bond acceptors (Lipinski definition) is 3. The van der Waals surface area contributed by atoms with E-state index < -0.39 is 0 Å². The fraction of sp³-hybridized carbons (Fsp3) is 0.471. The molecule has 22 heavy (non-hydrogen) atoms. The van der Waals surface area contributed by atoms with Gasteiger partial charge < -0.3 is 10.3 Å². The summed E-state index contributed by atoms with van der Waals surface area (Å²) >= 11 is 0. The zero-order valence-electron chi connectivity index (χ0n) is 12.6. The highest BCUT2D eigenvalue weighted by molar-refractivity contribution is 6.03. The van der Waals surface area contributed by atoms with Crippen molar-refractivity contribution in [3.63, 3.8) is 0 Å². The molecule has 0 spiro atoms. The Morgan fingerprint density at radius 1 is 1.09 bits per heavy atom. The van der Waals surface area contributed by atoms with Gasteiger partial charge in [-0.2, -0.15) is 0 Å². The van der Waals surface area contributed by atoms with Crippen molar-refractivity contribution < 1.29 is 4.79 Å². The molecule has 2 aliphatic rings. The monoisotopic (exact) mass is 298 g/mol. The molecule has 2 heterocycles. The number of fused-ring (bicyclic) bond motifs is 2. The van der Waals surface area contributed by atoms with E-state index in [1.165, 1.54) is 19.3 Å². The number of benzene rings is 1. The molecule has 1 aromatic heterocycles. The molecule has 1 aromatic carbocycles. The minimum atomic E-state index is -0.141. The summed E-state index contributed by atoms with van der Waals surface area (Å²) < 4.78 is 0. The van der Waals surface area contributed by atoms with Crippen LogP contribution in [0.25, 0.3) is 10.9 Å². The SMILES string of the molecule is O=C(Nc1cccc2[nH]ccc12)C1NNC2CCCCCC21. The number of carbonyl (C=O) groups excluding carboxylic acids is 1. The Morgan fingerprint density at radius 2 is 2.00 bits per heavy atom. The van der Waals surface area contributed by atoms with Gasteiger partial charge in [-0.25, -0.2) is 5.43 Å². The van der Waals surface area contributed by atoms with Crippen molar-refractivity contribution in [1.29, 1.82) is 0 Å². The number of aromatic amines is 1. The van der Waals surface area contributed by atoms with Crippen molar-refractivity contribution in [2.45, 2.75) is 44.2 Å². The van der Waals surface area contributed by atoms with E-state index in [1.807, 2.05) is 30.5 Å². The smallest absolute Gasteiger partial charge is 0.243 e. The Balaban J connectivity index is 1.53. The Labute approximate surface area is 129 Å². The normalized spacial score (nSPS) is 28.3. The molecule has 5 heteroatoms. The lowest BCUT2D eigenvalue weighted by Crippen LogP contribution is -2.42. The molecule has 4 rings (SSSR count). The Bertz CT molecular complexity index is 680. The van der Waals surface area contributed by atoms with Gasteiger partial charge >= 0.3 is 0 Å². The van der Waals surface area contributed by atoms with Crippen LogP contribution in [-0.2, 0) is 4.79 Å². The quantitative estimate of drug-likeness (QED) is 0.689. The first-order valence-electron chi connectivity index (χ1n) is 8.21. The molecular weight excluding hydrogens is 276 g/mol. The van der Waals surface area contributed by atoms with Crippen molar-refractivity contribution >= 4 is 22.5 Å². The zero-order valence-corrected chi connectivity index (χ0v) is 12.6. The van der Waals surface area contributed by atoms with Gasteiger partial charge in [0.15, 0.2) is 0 Å². The van der Waals surface area contributed by atoms with Gasteiger partial charge in [0, 0.05) is 29.1 Å². The fourth-order valence-corrected chi connectivity index (χ4v) is 3.88. The number of amides is 1. The molecular formula is C17H22N4O. The van der Waals surface area contributed by atoms with Crippen molar-refractivity contribution in [3.8, 4) is 0 Å². The average Bonchev–Trinajstić information content (AvgIpc) is 3.09. The van der Waals surface area contributed by atoms with Crippen molar-refractivity contribution in [2.24, 2.45) is 5.92 Å². The maximum atomic E-state index is 12.7. The van der Waals surface area contributed by atoms with Gasteiger partial charge in [0.25, 0.3) is 0 Å². The first kappa shape index (κ1) is 13.8. The second-order valence-electron chi connectivity index (χ2n) is 6.41. The number of hydrazine groups is 1. The van der Waals surface area contributed by atoms with Crippen molar-refractivity contribution in [1.82, 2.24) is 15.8 Å². The Kier molecular flexibility index (Phi) is 3.60. The topological polar surface area (TPSA) is 69.0 Å². The molecule has 3 atom stereocenters. The van der Waals surface area contributed by atoms with Gasteiger partial charge in [-0.1, -0.05) is 25.3 Å². The number of rotatable bonds is 2. The molecule has 1 saturated heterocycles. The van der Waals surface area contributed by atoms with Crippen LogP contribution in [0.4, 0.5) is 5.69 Å². The van der Waals surface area contributed by atoms with Crippen molar-refractivity contribution in [2.75, 3.05) is 5.32 Å². The molecule has 2 aromatic rings. The van der Waals surface area contributed by atoms with Crippen LogP contribution in [0.5, 0.6) is 0 Å². The maximum absolute atomic E-state index is 12.7. The van der Waals surface area contributed by atoms with E-state index in [1.54, 1.807) is 0 Å². The summed E-state index contributed by atoms with van der Waals surface area (Å²) in [6.07, 6.45) is 7.95. The molecule has 5 nitrogen and oxygen atoms in total. The zero-order chi connectivity index (χ0) is 14.9. The number of hydrogen-bond donors (Lipinski definition) is 4. The lowest BCUT2D eigenvalue weighted by Gasteiger charge is -2.20. The predicted molar refractivity (Wildman–Crippen MR) is 87.4 cm³/mol. The first-order chi connectivity index (χ1) is 10.8. The molecule has 1 aliphatic heterocycles. The van der Waals surface area contributed by atoms with E-state index in [-0.39, 0.29) is 11.9 Å². The van der Waals surface area contributed by atoms with E-state index in [4.69, 9.17) is 0 Å².